The number of rotatable bonds is 3. The lowest BCUT2D eigenvalue weighted by Crippen LogP contribution is -2.37. The van der Waals surface area contributed by atoms with Crippen molar-refractivity contribution in [2.45, 2.75) is 6.92 Å². The summed E-state index contributed by atoms with van der Waals surface area (Å²) < 4.78 is 31.3. The molecular formula is C12H14N2O4S. The highest BCUT2D eigenvalue weighted by Gasteiger charge is 2.25. The van der Waals surface area contributed by atoms with Gasteiger partial charge in [0, 0.05) is 12.7 Å². The van der Waals surface area contributed by atoms with E-state index in [9.17, 15) is 13.2 Å². The van der Waals surface area contributed by atoms with Crippen LogP contribution in [0.5, 0.6) is 0 Å². The Hall–Kier alpha value is -1.89. The summed E-state index contributed by atoms with van der Waals surface area (Å²) in [4.78, 5) is 13.3. The van der Waals surface area contributed by atoms with Gasteiger partial charge in [0.25, 0.3) is 10.0 Å². The minimum Gasteiger partial charge on any atom is -0.458 e. The molecule has 6 nitrogen and oxygen atoms in total. The lowest BCUT2D eigenvalue weighted by molar-refractivity contribution is -0.137. The number of nitrogens with zero attached hydrogens (tertiary/aromatic N) is 2. The minimum absolute atomic E-state index is 0.0538. The third-order valence-corrected chi connectivity index (χ3v) is 3.77. The molecule has 0 radical (unpaired) electrons. The number of esters is 1. The summed E-state index contributed by atoms with van der Waals surface area (Å²) in [5.41, 5.74) is 0.378. The second-order valence-corrected chi connectivity index (χ2v) is 5.77. The summed E-state index contributed by atoms with van der Waals surface area (Å²) in [7, 11) is -3.37. The smallest absolute Gasteiger partial charge is 0.339 e. The van der Waals surface area contributed by atoms with Gasteiger partial charge in [0.05, 0.1) is 11.3 Å². The van der Waals surface area contributed by atoms with Crippen molar-refractivity contribution in [2.75, 3.05) is 18.9 Å². The van der Waals surface area contributed by atoms with Crippen LogP contribution in [0, 0.1) is 0 Å². The number of allylic oxidation sites excluding steroid dienone is 1. The van der Waals surface area contributed by atoms with E-state index < -0.39 is 16.0 Å². The Morgan fingerprint density at radius 2 is 2.32 bits per heavy atom. The second-order valence-electron chi connectivity index (χ2n) is 4.01. The number of hydrogen-bond acceptors (Lipinski definition) is 5. The highest BCUT2D eigenvalue weighted by molar-refractivity contribution is 7.90. The summed E-state index contributed by atoms with van der Waals surface area (Å²) >= 11 is 0. The van der Waals surface area contributed by atoms with Crippen LogP contribution in [0.15, 0.2) is 40.5 Å². The van der Waals surface area contributed by atoms with Crippen LogP contribution in [0.25, 0.3) is 0 Å². The van der Waals surface area contributed by atoms with Crippen molar-refractivity contribution in [3.63, 3.8) is 0 Å². The van der Waals surface area contributed by atoms with Gasteiger partial charge in [0.2, 0.25) is 0 Å². The Labute approximate surface area is 111 Å². The summed E-state index contributed by atoms with van der Waals surface area (Å²) in [5.74, 6) is -0.167. The highest BCUT2D eigenvalue weighted by atomic mass is 32.2. The quantitative estimate of drug-likeness (QED) is 0.560. The number of fused-ring (bicyclic) bond motifs is 1. The molecule has 0 aromatic carbocycles. The number of carbonyl (C=O) groups is 1. The SMILES string of the molecule is C/C=C/COC(=O)C1=CN2CCS(=O)(=O)N=C2C=C1. The zero-order valence-electron chi connectivity index (χ0n) is 10.4. The molecule has 0 aromatic heterocycles. The Morgan fingerprint density at radius 3 is 3.05 bits per heavy atom. The number of hydrogen-bond donors (Lipinski definition) is 0. The van der Waals surface area contributed by atoms with Gasteiger partial charge in [0.15, 0.2) is 0 Å². The maximum Gasteiger partial charge on any atom is 0.339 e. The van der Waals surface area contributed by atoms with E-state index >= 15 is 0 Å². The van der Waals surface area contributed by atoms with E-state index in [2.05, 4.69) is 4.40 Å². The maximum absolute atomic E-state index is 11.7. The Kier molecular flexibility index (Phi) is 3.84. The number of amidine groups is 1. The van der Waals surface area contributed by atoms with Gasteiger partial charge in [-0.25, -0.2) is 13.2 Å². The Balaban J connectivity index is 2.10. The molecule has 0 saturated heterocycles. The lowest BCUT2D eigenvalue weighted by atomic mass is 10.2. The molecule has 0 N–H and O–H groups in total. The molecule has 0 unspecified atom stereocenters. The van der Waals surface area contributed by atoms with Gasteiger partial charge in [-0.3, -0.25) is 0 Å². The fourth-order valence-electron chi connectivity index (χ4n) is 1.63. The van der Waals surface area contributed by atoms with E-state index in [4.69, 9.17) is 4.74 Å². The van der Waals surface area contributed by atoms with Crippen molar-refractivity contribution in [2.24, 2.45) is 4.40 Å². The third kappa shape index (κ3) is 3.31. The highest BCUT2D eigenvalue weighted by Crippen LogP contribution is 2.16. The molecule has 0 atom stereocenters. The van der Waals surface area contributed by atoms with E-state index in [1.807, 2.05) is 6.92 Å². The fourth-order valence-corrected chi connectivity index (χ4v) is 2.59. The standard InChI is InChI=1S/C12H14N2O4S/c1-2-3-7-18-12(15)10-4-5-11-13-19(16,17)8-6-14(11)9-10/h2-5,9H,6-8H2,1H3/b3-2+. The van der Waals surface area contributed by atoms with E-state index in [0.29, 0.717) is 11.4 Å². The van der Waals surface area contributed by atoms with Gasteiger partial charge in [0.1, 0.15) is 12.4 Å². The summed E-state index contributed by atoms with van der Waals surface area (Å²) in [6.07, 6.45) is 8.09. The minimum atomic E-state index is -3.37. The van der Waals surface area contributed by atoms with Crippen LogP contribution < -0.4 is 0 Å². The van der Waals surface area contributed by atoms with Crippen molar-refractivity contribution in [1.29, 1.82) is 0 Å². The van der Waals surface area contributed by atoms with Crippen molar-refractivity contribution in [1.82, 2.24) is 4.90 Å². The molecule has 102 valence electrons. The number of carbonyl (C=O) groups excluding carboxylic acids is 1. The molecule has 2 aliphatic heterocycles. The molecule has 2 rings (SSSR count). The predicted octanol–water partition coefficient (Wildman–Crippen LogP) is 0.603. The second kappa shape index (κ2) is 5.40. The molecule has 0 spiro atoms. The molecule has 0 fully saturated rings. The van der Waals surface area contributed by atoms with Gasteiger partial charge in [-0.15, -0.1) is 4.40 Å². The van der Waals surface area contributed by atoms with Crippen molar-refractivity contribution in [3.8, 4) is 0 Å². The van der Waals surface area contributed by atoms with E-state index in [1.54, 1.807) is 23.3 Å². The van der Waals surface area contributed by atoms with Crippen LogP contribution in [0.3, 0.4) is 0 Å². The molecule has 7 heteroatoms. The van der Waals surface area contributed by atoms with E-state index in [-0.39, 0.29) is 18.9 Å². The fraction of sp³-hybridized carbons (Fsp3) is 0.333. The van der Waals surface area contributed by atoms with Gasteiger partial charge in [-0.2, -0.15) is 0 Å². The van der Waals surface area contributed by atoms with Crippen LogP contribution in [-0.4, -0.2) is 44.0 Å². The predicted molar refractivity (Wildman–Crippen MR) is 70.9 cm³/mol. The molecule has 0 bridgehead atoms. The van der Waals surface area contributed by atoms with Crippen LogP contribution in [0.2, 0.25) is 0 Å². The molecule has 19 heavy (non-hydrogen) atoms. The van der Waals surface area contributed by atoms with Gasteiger partial charge in [-0.05, 0) is 19.1 Å². The van der Waals surface area contributed by atoms with Crippen molar-refractivity contribution < 1.29 is 17.9 Å². The zero-order valence-corrected chi connectivity index (χ0v) is 11.3. The van der Waals surface area contributed by atoms with Crippen molar-refractivity contribution in [3.05, 3.63) is 36.1 Å². The Morgan fingerprint density at radius 1 is 1.53 bits per heavy atom. The normalized spacial score (nSPS) is 20.8. The monoisotopic (exact) mass is 282 g/mol. The molecule has 0 aromatic rings. The summed E-state index contributed by atoms with van der Waals surface area (Å²) in [5, 5.41) is 0. The van der Waals surface area contributed by atoms with Gasteiger partial charge >= 0.3 is 5.97 Å². The Bertz CT molecular complexity index is 599. The molecular weight excluding hydrogens is 268 g/mol. The summed E-state index contributed by atoms with van der Waals surface area (Å²) in [6.45, 7) is 2.34. The number of sulfonamides is 1. The van der Waals surface area contributed by atoms with Gasteiger partial charge < -0.3 is 9.64 Å². The molecule has 0 amide bonds. The van der Waals surface area contributed by atoms with Crippen LogP contribution in [0.1, 0.15) is 6.92 Å². The topological polar surface area (TPSA) is 76.0 Å². The first-order valence-corrected chi connectivity index (χ1v) is 7.40. The lowest BCUT2D eigenvalue weighted by Gasteiger charge is -2.26. The van der Waals surface area contributed by atoms with E-state index in [1.165, 1.54) is 12.2 Å². The average Bonchev–Trinajstić information content (AvgIpc) is 2.37. The third-order valence-electron chi connectivity index (χ3n) is 2.61. The van der Waals surface area contributed by atoms with Crippen LogP contribution in [0.4, 0.5) is 0 Å². The van der Waals surface area contributed by atoms with Crippen LogP contribution >= 0.6 is 0 Å². The first kappa shape index (κ1) is 13.5. The van der Waals surface area contributed by atoms with Crippen molar-refractivity contribution >= 4 is 21.8 Å². The largest absolute Gasteiger partial charge is 0.458 e. The molecule has 0 aliphatic carbocycles. The first-order chi connectivity index (χ1) is 9.02. The summed E-state index contributed by atoms with van der Waals surface area (Å²) in [6, 6.07) is 0. The maximum atomic E-state index is 11.7. The van der Waals surface area contributed by atoms with Crippen LogP contribution in [-0.2, 0) is 19.6 Å². The zero-order chi connectivity index (χ0) is 13.9. The molecule has 2 aliphatic rings. The molecule has 0 saturated carbocycles. The first-order valence-electron chi connectivity index (χ1n) is 5.79. The van der Waals surface area contributed by atoms with E-state index in [0.717, 1.165) is 0 Å². The van der Waals surface area contributed by atoms with Gasteiger partial charge in [-0.1, -0.05) is 12.2 Å². The number of ether oxygens (including phenoxy) is 1. The molecule has 2 heterocycles. The average molecular weight is 282 g/mol.